The number of aryl methyl sites for hydroxylation is 1. The van der Waals surface area contributed by atoms with Gasteiger partial charge >= 0.3 is 0 Å². The first-order valence-corrected chi connectivity index (χ1v) is 24.9. The van der Waals surface area contributed by atoms with Gasteiger partial charge in [-0.25, -0.2) is 0 Å². The average molecular weight is 983 g/mol. The van der Waals surface area contributed by atoms with E-state index in [1.807, 2.05) is 73.7 Å². The van der Waals surface area contributed by atoms with E-state index < -0.39 is 0 Å². The molecule has 15 heteroatoms. The summed E-state index contributed by atoms with van der Waals surface area (Å²) < 4.78 is 0. The molecule has 0 aromatic heterocycles. The number of carbonyl (C=O) groups excluding carboxylic acids is 1. The molecule has 0 aliphatic heterocycles. The van der Waals surface area contributed by atoms with Gasteiger partial charge in [0.15, 0.2) is 0 Å². The SMILES string of the molecule is Cc1ccc(O)cc1N(CCNC[C@H](Cc1ccc(O)cc1)NC[C@H](Cc1ccc(O)cc1)NC[C@H](Cc1ccc(O)cc1)NC[C@@H](N)Cc1ccc(O)cc1)[C@H](CNCCC(N)=O)Cc1ccc(O)cc1. The van der Waals surface area contributed by atoms with Crippen molar-refractivity contribution in [2.75, 3.05) is 57.3 Å². The third kappa shape index (κ3) is 19.1. The van der Waals surface area contributed by atoms with E-state index in [-0.39, 0.29) is 77.0 Å². The standard InChI is InChI=1S/C57H74N8O7/c1-39-2-13-55(71)33-56(39)65(49(38-60-25-24-57(59)72)32-44-11-22-54(70)23-12-44)27-26-61-35-46(29-41-5-16-51(67)17-6-41)63-37-48(31-43-9-20-53(69)21-10-43)64-36-47(30-42-7-18-52(68)19-8-42)62-34-45(58)28-40-3-14-50(66)15-4-40/h2-23,33,45-49,60-64,66-71H,24-32,34-38,58H2,1H3,(H2,59,72)/t45-,46-,47-,48-,49-/m0/s1. The molecule has 0 bridgehead atoms. The predicted octanol–water partition coefficient (Wildman–Crippen LogP) is 4.87. The molecule has 6 aromatic rings. The monoisotopic (exact) mass is 983 g/mol. The number of phenolic OH excluding ortho intramolecular Hbond substituents is 6. The van der Waals surface area contributed by atoms with Gasteiger partial charge in [-0.2, -0.15) is 0 Å². The molecule has 0 heterocycles. The molecule has 0 fully saturated rings. The van der Waals surface area contributed by atoms with Crippen molar-refractivity contribution in [1.29, 1.82) is 0 Å². The Labute approximate surface area is 423 Å². The number of hydrogen-bond donors (Lipinski definition) is 13. The molecular formula is C57H74N8O7. The minimum atomic E-state index is -0.383. The number of nitrogens with one attached hydrogen (secondary N) is 5. The van der Waals surface area contributed by atoms with E-state index in [2.05, 4.69) is 31.5 Å². The van der Waals surface area contributed by atoms with Crippen LogP contribution in [0.5, 0.6) is 34.5 Å². The molecule has 15 N–H and O–H groups in total. The summed E-state index contributed by atoms with van der Waals surface area (Å²) in [6, 6.07) is 41.1. The van der Waals surface area contributed by atoms with E-state index in [1.165, 1.54) is 0 Å². The van der Waals surface area contributed by atoms with Gasteiger partial charge in [0.05, 0.1) is 0 Å². The van der Waals surface area contributed by atoms with Crippen LogP contribution >= 0.6 is 0 Å². The maximum atomic E-state index is 11.6. The maximum absolute atomic E-state index is 11.6. The summed E-state index contributed by atoms with van der Waals surface area (Å²) in [5.41, 5.74) is 19.3. The molecule has 5 atom stereocenters. The van der Waals surface area contributed by atoms with E-state index in [4.69, 9.17) is 11.5 Å². The summed E-state index contributed by atoms with van der Waals surface area (Å²) >= 11 is 0. The first kappa shape index (κ1) is 54.5. The van der Waals surface area contributed by atoms with Crippen molar-refractivity contribution in [3.8, 4) is 34.5 Å². The Balaban J connectivity index is 1.18. The molecule has 0 aliphatic carbocycles. The van der Waals surface area contributed by atoms with E-state index in [0.29, 0.717) is 84.5 Å². The van der Waals surface area contributed by atoms with Gasteiger partial charge in [-0.15, -0.1) is 0 Å². The number of rotatable bonds is 31. The molecule has 6 rings (SSSR count). The molecule has 0 saturated heterocycles. The smallest absolute Gasteiger partial charge is 0.218 e. The van der Waals surface area contributed by atoms with Gasteiger partial charge in [0, 0.05) is 101 Å². The van der Waals surface area contributed by atoms with Crippen molar-refractivity contribution < 1.29 is 35.4 Å². The van der Waals surface area contributed by atoms with Gasteiger partial charge < -0.3 is 73.6 Å². The number of phenols is 6. The second-order valence-corrected chi connectivity index (χ2v) is 18.9. The second-order valence-electron chi connectivity index (χ2n) is 18.9. The first-order valence-electron chi connectivity index (χ1n) is 24.9. The predicted molar refractivity (Wildman–Crippen MR) is 286 cm³/mol. The highest BCUT2D eigenvalue weighted by Crippen LogP contribution is 2.28. The lowest BCUT2D eigenvalue weighted by atomic mass is 10.0. The van der Waals surface area contributed by atoms with Gasteiger partial charge in [0.1, 0.15) is 34.5 Å². The molecule has 72 heavy (non-hydrogen) atoms. The van der Waals surface area contributed by atoms with Crippen molar-refractivity contribution in [3.63, 3.8) is 0 Å². The number of aromatic hydroxyl groups is 6. The highest BCUT2D eigenvalue weighted by molar-refractivity contribution is 5.73. The average Bonchev–Trinajstić information content (AvgIpc) is 3.36. The molecule has 0 aliphatic rings. The van der Waals surface area contributed by atoms with Crippen molar-refractivity contribution in [3.05, 3.63) is 173 Å². The van der Waals surface area contributed by atoms with Gasteiger partial charge in [0.25, 0.3) is 0 Å². The Hall–Kier alpha value is -6.85. The molecule has 0 spiro atoms. The number of nitrogens with zero attached hydrogens (tertiary/aromatic N) is 1. The van der Waals surface area contributed by atoms with Crippen LogP contribution in [0.2, 0.25) is 0 Å². The molecule has 1 amide bonds. The lowest BCUT2D eigenvalue weighted by molar-refractivity contribution is -0.117. The van der Waals surface area contributed by atoms with Crippen molar-refractivity contribution in [1.82, 2.24) is 26.6 Å². The summed E-state index contributed by atoms with van der Waals surface area (Å²) in [6.45, 7) is 6.49. The van der Waals surface area contributed by atoms with Crippen LogP contribution in [0.3, 0.4) is 0 Å². The molecule has 0 radical (unpaired) electrons. The van der Waals surface area contributed by atoms with Gasteiger partial charge in [0.2, 0.25) is 5.91 Å². The molecule has 0 saturated carbocycles. The second kappa shape index (κ2) is 28.3. The number of hydrogen-bond acceptors (Lipinski definition) is 14. The Morgan fingerprint density at radius 2 is 0.847 bits per heavy atom. The number of anilines is 1. The van der Waals surface area contributed by atoms with Crippen LogP contribution in [0.4, 0.5) is 5.69 Å². The quantitative estimate of drug-likeness (QED) is 0.0260. The third-order valence-corrected chi connectivity index (χ3v) is 12.9. The number of primary amides is 1. The van der Waals surface area contributed by atoms with Crippen molar-refractivity contribution in [2.24, 2.45) is 11.5 Å². The minimum absolute atomic E-state index is 0.0217. The summed E-state index contributed by atoms with van der Waals surface area (Å²) in [5, 5.41) is 79.5. The lowest BCUT2D eigenvalue weighted by Gasteiger charge is -2.36. The first-order chi connectivity index (χ1) is 34.7. The largest absolute Gasteiger partial charge is 0.508 e. The summed E-state index contributed by atoms with van der Waals surface area (Å²) in [6.07, 6.45) is 3.49. The number of carbonyl (C=O) groups is 1. The molecule has 6 aromatic carbocycles. The zero-order valence-electron chi connectivity index (χ0n) is 41.3. The Morgan fingerprint density at radius 1 is 0.472 bits per heavy atom. The summed E-state index contributed by atoms with van der Waals surface area (Å²) in [5.74, 6) is 0.778. The fourth-order valence-electron chi connectivity index (χ4n) is 8.90. The third-order valence-electron chi connectivity index (χ3n) is 12.9. The van der Waals surface area contributed by atoms with E-state index >= 15 is 0 Å². The van der Waals surface area contributed by atoms with Gasteiger partial charge in [-0.1, -0.05) is 66.7 Å². The number of amides is 1. The van der Waals surface area contributed by atoms with Crippen LogP contribution in [0, 0.1) is 6.92 Å². The fourth-order valence-corrected chi connectivity index (χ4v) is 8.90. The van der Waals surface area contributed by atoms with Gasteiger partial charge in [-0.05, 0) is 139 Å². The van der Waals surface area contributed by atoms with Crippen LogP contribution in [-0.2, 0) is 36.9 Å². The molecule has 15 nitrogen and oxygen atoms in total. The molecule has 384 valence electrons. The highest BCUT2D eigenvalue weighted by Gasteiger charge is 2.23. The maximum Gasteiger partial charge on any atom is 0.218 e. The van der Waals surface area contributed by atoms with E-state index in [1.54, 1.807) is 72.8 Å². The molecule has 0 unspecified atom stereocenters. The number of nitrogens with two attached hydrogens (primary N) is 2. The Morgan fingerprint density at radius 3 is 1.29 bits per heavy atom. The zero-order valence-corrected chi connectivity index (χ0v) is 41.3. The zero-order chi connectivity index (χ0) is 51.2. The van der Waals surface area contributed by atoms with E-state index in [9.17, 15) is 35.4 Å². The Kier molecular flexibility index (Phi) is 21.4. The topological polar surface area (TPSA) is 254 Å². The lowest BCUT2D eigenvalue weighted by Crippen LogP contribution is -2.52. The van der Waals surface area contributed by atoms with Crippen LogP contribution < -0.4 is 43.0 Å². The number of benzene rings is 6. The van der Waals surface area contributed by atoms with Crippen LogP contribution in [-0.4, -0.2) is 119 Å². The normalized spacial score (nSPS) is 13.5. The van der Waals surface area contributed by atoms with Crippen LogP contribution in [0.1, 0.15) is 39.8 Å². The summed E-state index contributed by atoms with van der Waals surface area (Å²) in [7, 11) is 0. The summed E-state index contributed by atoms with van der Waals surface area (Å²) in [4.78, 5) is 13.9. The minimum Gasteiger partial charge on any atom is -0.508 e. The Bertz CT molecular complexity index is 2510. The fraction of sp³-hybridized carbons (Fsp3) is 0.351. The van der Waals surface area contributed by atoms with E-state index in [0.717, 1.165) is 39.1 Å². The van der Waals surface area contributed by atoms with Gasteiger partial charge in [-0.3, -0.25) is 4.79 Å². The highest BCUT2D eigenvalue weighted by atomic mass is 16.3. The van der Waals surface area contributed by atoms with Crippen molar-refractivity contribution >= 4 is 11.6 Å². The van der Waals surface area contributed by atoms with Crippen LogP contribution in [0.25, 0.3) is 0 Å². The molecular weight excluding hydrogens is 909 g/mol. The van der Waals surface area contributed by atoms with Crippen LogP contribution in [0.15, 0.2) is 140 Å². The van der Waals surface area contributed by atoms with Crippen molar-refractivity contribution in [2.45, 2.75) is 75.7 Å².